The second-order valence-electron chi connectivity index (χ2n) is 6.10. The van der Waals surface area contributed by atoms with Crippen LogP contribution in [0.2, 0.25) is 0 Å². The predicted octanol–water partition coefficient (Wildman–Crippen LogP) is 4.07. The first-order valence-electron chi connectivity index (χ1n) is 8.85. The summed E-state index contributed by atoms with van der Waals surface area (Å²) < 4.78 is 5.48. The van der Waals surface area contributed by atoms with E-state index in [1.165, 1.54) is 0 Å². The number of amides is 1. The molecule has 5 heteroatoms. The molecule has 3 aromatic rings. The van der Waals surface area contributed by atoms with Crippen LogP contribution >= 0.6 is 0 Å². The number of ether oxygens (including phenoxy) is 1. The van der Waals surface area contributed by atoms with E-state index in [4.69, 9.17) is 9.84 Å². The maximum atomic E-state index is 12.6. The second kappa shape index (κ2) is 8.96. The van der Waals surface area contributed by atoms with Gasteiger partial charge >= 0.3 is 0 Å². The minimum absolute atomic E-state index is 0.102. The number of aliphatic hydroxyl groups excluding tert-OH is 1. The van der Waals surface area contributed by atoms with Gasteiger partial charge in [0, 0.05) is 24.3 Å². The Bertz CT molecular complexity index is 893. The zero-order valence-corrected chi connectivity index (χ0v) is 15.2. The molecule has 0 atom stereocenters. The molecule has 0 spiro atoms. The van der Waals surface area contributed by atoms with Gasteiger partial charge in [0.25, 0.3) is 5.91 Å². The number of carbonyl (C=O) groups is 1. The minimum atomic E-state index is -0.200. The number of pyridine rings is 1. The average Bonchev–Trinajstić information content (AvgIpc) is 2.70. The Morgan fingerprint density at radius 1 is 1.04 bits per heavy atom. The summed E-state index contributed by atoms with van der Waals surface area (Å²) >= 11 is 0. The van der Waals surface area contributed by atoms with Crippen LogP contribution in [0.25, 0.3) is 11.3 Å². The number of aryl methyl sites for hydroxylation is 1. The van der Waals surface area contributed by atoms with Crippen LogP contribution in [0.15, 0.2) is 66.7 Å². The number of nitrogens with zero attached hydrogens (tertiary/aromatic N) is 1. The highest BCUT2D eigenvalue weighted by molar-refractivity contribution is 6.05. The number of nitrogens with one attached hydrogen (secondary N) is 1. The maximum Gasteiger partial charge on any atom is 0.257 e. The fourth-order valence-corrected chi connectivity index (χ4v) is 2.66. The Labute approximate surface area is 158 Å². The smallest absolute Gasteiger partial charge is 0.257 e. The van der Waals surface area contributed by atoms with E-state index >= 15 is 0 Å². The standard InChI is InChI=1S/C22H22N2O3/c1-16-20(12-13-21(23-16)17-6-3-2-4-7-17)22(26)24-18-8-10-19(11-9-18)27-15-5-14-25/h2-4,6-13,25H,5,14-15H2,1H3,(H,24,26). The first-order chi connectivity index (χ1) is 13.2. The first-order valence-corrected chi connectivity index (χ1v) is 8.85. The third kappa shape index (κ3) is 4.92. The molecule has 0 saturated heterocycles. The van der Waals surface area contributed by atoms with E-state index in [0.717, 1.165) is 11.3 Å². The first kappa shape index (κ1) is 18.6. The lowest BCUT2D eigenvalue weighted by atomic mass is 10.1. The zero-order valence-electron chi connectivity index (χ0n) is 15.2. The van der Waals surface area contributed by atoms with Gasteiger partial charge in [-0.05, 0) is 43.3 Å². The zero-order chi connectivity index (χ0) is 19.1. The number of hydrogen-bond donors (Lipinski definition) is 2. The molecule has 138 valence electrons. The summed E-state index contributed by atoms with van der Waals surface area (Å²) in [7, 11) is 0. The average molecular weight is 362 g/mol. The minimum Gasteiger partial charge on any atom is -0.494 e. The summed E-state index contributed by atoms with van der Waals surface area (Å²) in [5.41, 5.74) is 3.76. The number of carbonyl (C=O) groups excluding carboxylic acids is 1. The SMILES string of the molecule is Cc1nc(-c2ccccc2)ccc1C(=O)Nc1ccc(OCCCO)cc1. The van der Waals surface area contributed by atoms with Crippen molar-refractivity contribution < 1.29 is 14.6 Å². The van der Waals surface area contributed by atoms with Crippen molar-refractivity contribution in [3.8, 4) is 17.0 Å². The van der Waals surface area contributed by atoms with Gasteiger partial charge in [-0.1, -0.05) is 30.3 Å². The van der Waals surface area contributed by atoms with Crippen LogP contribution in [0.1, 0.15) is 22.5 Å². The molecular formula is C22H22N2O3. The molecule has 0 aliphatic heterocycles. The monoisotopic (exact) mass is 362 g/mol. The lowest BCUT2D eigenvalue weighted by Crippen LogP contribution is -2.14. The van der Waals surface area contributed by atoms with Crippen LogP contribution in [-0.4, -0.2) is 29.2 Å². The molecule has 0 aliphatic carbocycles. The van der Waals surface area contributed by atoms with Crippen molar-refractivity contribution in [2.75, 3.05) is 18.5 Å². The van der Waals surface area contributed by atoms with Crippen molar-refractivity contribution >= 4 is 11.6 Å². The van der Waals surface area contributed by atoms with Gasteiger partial charge in [-0.25, -0.2) is 0 Å². The van der Waals surface area contributed by atoms with Crippen LogP contribution in [0, 0.1) is 6.92 Å². The van der Waals surface area contributed by atoms with Gasteiger partial charge < -0.3 is 15.2 Å². The Morgan fingerprint density at radius 3 is 2.44 bits per heavy atom. The molecule has 0 unspecified atom stereocenters. The van der Waals surface area contributed by atoms with E-state index in [1.54, 1.807) is 30.3 Å². The second-order valence-corrected chi connectivity index (χ2v) is 6.10. The highest BCUT2D eigenvalue weighted by atomic mass is 16.5. The van der Waals surface area contributed by atoms with Crippen LogP contribution in [0.3, 0.4) is 0 Å². The maximum absolute atomic E-state index is 12.6. The lowest BCUT2D eigenvalue weighted by Gasteiger charge is -2.10. The molecular weight excluding hydrogens is 340 g/mol. The summed E-state index contributed by atoms with van der Waals surface area (Å²) in [5.74, 6) is 0.500. The van der Waals surface area contributed by atoms with E-state index in [9.17, 15) is 4.79 Å². The topological polar surface area (TPSA) is 71.5 Å². The normalized spacial score (nSPS) is 10.4. The van der Waals surface area contributed by atoms with Gasteiger partial charge in [0.1, 0.15) is 5.75 Å². The Kier molecular flexibility index (Phi) is 6.18. The fourth-order valence-electron chi connectivity index (χ4n) is 2.66. The van der Waals surface area contributed by atoms with Crippen molar-refractivity contribution in [1.29, 1.82) is 0 Å². The summed E-state index contributed by atoms with van der Waals surface area (Å²) in [4.78, 5) is 17.1. The van der Waals surface area contributed by atoms with E-state index in [1.807, 2.05) is 43.3 Å². The highest BCUT2D eigenvalue weighted by Crippen LogP contribution is 2.20. The fraction of sp³-hybridized carbons (Fsp3) is 0.182. The molecule has 2 aromatic carbocycles. The van der Waals surface area contributed by atoms with E-state index in [-0.39, 0.29) is 12.5 Å². The van der Waals surface area contributed by atoms with Gasteiger partial charge in [0.05, 0.1) is 23.6 Å². The van der Waals surface area contributed by atoms with Crippen molar-refractivity contribution in [3.63, 3.8) is 0 Å². The van der Waals surface area contributed by atoms with E-state index in [2.05, 4.69) is 10.3 Å². The number of benzene rings is 2. The quantitative estimate of drug-likeness (QED) is 0.622. The van der Waals surface area contributed by atoms with E-state index in [0.29, 0.717) is 35.7 Å². The Balaban J connectivity index is 1.67. The lowest BCUT2D eigenvalue weighted by molar-refractivity contribution is 0.102. The molecule has 27 heavy (non-hydrogen) atoms. The Morgan fingerprint density at radius 2 is 1.78 bits per heavy atom. The molecule has 0 bridgehead atoms. The number of anilines is 1. The van der Waals surface area contributed by atoms with Crippen molar-refractivity contribution in [2.45, 2.75) is 13.3 Å². The molecule has 0 fully saturated rings. The van der Waals surface area contributed by atoms with Gasteiger partial charge in [0.15, 0.2) is 0 Å². The van der Waals surface area contributed by atoms with Crippen molar-refractivity contribution in [2.24, 2.45) is 0 Å². The molecule has 5 nitrogen and oxygen atoms in total. The van der Waals surface area contributed by atoms with Gasteiger partial charge in [-0.3, -0.25) is 9.78 Å². The van der Waals surface area contributed by atoms with Gasteiger partial charge in [0.2, 0.25) is 0 Å². The molecule has 1 amide bonds. The highest BCUT2D eigenvalue weighted by Gasteiger charge is 2.12. The van der Waals surface area contributed by atoms with Crippen LogP contribution in [0.5, 0.6) is 5.75 Å². The molecule has 2 N–H and O–H groups in total. The molecule has 0 radical (unpaired) electrons. The largest absolute Gasteiger partial charge is 0.494 e. The molecule has 1 aromatic heterocycles. The van der Waals surface area contributed by atoms with Crippen LogP contribution in [0.4, 0.5) is 5.69 Å². The Hall–Kier alpha value is -3.18. The summed E-state index contributed by atoms with van der Waals surface area (Å²) in [6, 6.07) is 20.7. The van der Waals surface area contributed by atoms with E-state index < -0.39 is 0 Å². The van der Waals surface area contributed by atoms with Gasteiger partial charge in [-0.2, -0.15) is 0 Å². The number of aromatic nitrogens is 1. The predicted molar refractivity (Wildman–Crippen MR) is 106 cm³/mol. The number of hydrogen-bond acceptors (Lipinski definition) is 4. The van der Waals surface area contributed by atoms with Gasteiger partial charge in [-0.15, -0.1) is 0 Å². The number of rotatable bonds is 7. The van der Waals surface area contributed by atoms with Crippen molar-refractivity contribution in [1.82, 2.24) is 4.98 Å². The molecule has 0 aliphatic rings. The van der Waals surface area contributed by atoms with Crippen LogP contribution in [-0.2, 0) is 0 Å². The third-order valence-corrected chi connectivity index (χ3v) is 4.08. The summed E-state index contributed by atoms with van der Waals surface area (Å²) in [6.07, 6.45) is 0.587. The number of aliphatic hydroxyl groups is 1. The van der Waals surface area contributed by atoms with Crippen LogP contribution < -0.4 is 10.1 Å². The molecule has 1 heterocycles. The summed E-state index contributed by atoms with van der Waals surface area (Å²) in [5, 5.41) is 11.6. The summed E-state index contributed by atoms with van der Waals surface area (Å²) in [6.45, 7) is 2.39. The molecule has 0 saturated carbocycles. The molecule has 3 rings (SSSR count). The third-order valence-electron chi connectivity index (χ3n) is 4.08. The van der Waals surface area contributed by atoms with Crippen molar-refractivity contribution in [3.05, 3.63) is 78.0 Å².